The summed E-state index contributed by atoms with van der Waals surface area (Å²) in [5.74, 6) is -0.505. The average molecular weight is 463 g/mol. The molecule has 1 aliphatic rings. The van der Waals surface area contributed by atoms with Gasteiger partial charge in [0.2, 0.25) is 15.9 Å². The maximum Gasteiger partial charge on any atom is 0.236 e. The molecule has 1 amide bonds. The quantitative estimate of drug-likeness (QED) is 0.681. The van der Waals surface area contributed by atoms with Gasteiger partial charge >= 0.3 is 0 Å². The number of nitrogens with one attached hydrogen (secondary N) is 1. The van der Waals surface area contributed by atoms with Crippen molar-refractivity contribution >= 4 is 31.8 Å². The van der Waals surface area contributed by atoms with Crippen molar-refractivity contribution in [2.75, 3.05) is 19.3 Å². The lowest BCUT2D eigenvalue weighted by atomic mass is 9.97. The third-order valence-electron chi connectivity index (χ3n) is 5.24. The molecule has 0 saturated carbocycles. The zero-order valence-electron chi connectivity index (χ0n) is 17.3. The van der Waals surface area contributed by atoms with Crippen molar-refractivity contribution in [1.29, 1.82) is 0 Å². The molecule has 0 bridgehead atoms. The molecule has 1 saturated heterocycles. The van der Waals surface area contributed by atoms with Crippen LogP contribution in [0.15, 0.2) is 64.9 Å². The number of rotatable bonds is 7. The molecule has 7 nitrogen and oxygen atoms in total. The minimum atomic E-state index is -3.55. The molecule has 3 rings (SSSR count). The van der Waals surface area contributed by atoms with E-state index in [4.69, 9.17) is 0 Å². The number of piperidine rings is 1. The Labute approximate surface area is 183 Å². The highest BCUT2D eigenvalue weighted by Gasteiger charge is 2.30. The summed E-state index contributed by atoms with van der Waals surface area (Å²) in [7, 11) is -6.94. The van der Waals surface area contributed by atoms with Gasteiger partial charge in [0, 0.05) is 37.2 Å². The number of amides is 1. The maximum absolute atomic E-state index is 12.6. The molecule has 9 heteroatoms. The van der Waals surface area contributed by atoms with Crippen molar-refractivity contribution < 1.29 is 21.6 Å². The van der Waals surface area contributed by atoms with Crippen LogP contribution in [0.2, 0.25) is 0 Å². The minimum Gasteiger partial charge on any atom is -0.352 e. The first-order chi connectivity index (χ1) is 14.7. The van der Waals surface area contributed by atoms with Gasteiger partial charge in [-0.3, -0.25) is 4.79 Å². The Morgan fingerprint density at radius 2 is 1.61 bits per heavy atom. The van der Waals surface area contributed by atoms with Crippen molar-refractivity contribution in [1.82, 2.24) is 9.62 Å². The van der Waals surface area contributed by atoms with Gasteiger partial charge in [-0.1, -0.05) is 48.5 Å². The van der Waals surface area contributed by atoms with E-state index in [9.17, 15) is 21.6 Å². The number of sulfonamides is 1. The number of carbonyl (C=O) groups is 1. The van der Waals surface area contributed by atoms with Crippen LogP contribution >= 0.6 is 0 Å². The minimum absolute atomic E-state index is 0.112. The van der Waals surface area contributed by atoms with E-state index < -0.39 is 19.9 Å². The molecule has 2 aromatic rings. The number of carbonyl (C=O) groups excluding carboxylic acids is 1. The van der Waals surface area contributed by atoms with Crippen LogP contribution in [-0.2, 0) is 31.2 Å². The Kier molecular flexibility index (Phi) is 7.30. The lowest BCUT2D eigenvalue weighted by molar-refractivity contribution is -0.126. The highest BCUT2D eigenvalue weighted by molar-refractivity contribution is 7.92. The first-order valence-corrected chi connectivity index (χ1v) is 13.4. The Bertz CT molecular complexity index is 1150. The van der Waals surface area contributed by atoms with Crippen molar-refractivity contribution in [3.05, 3.63) is 71.1 Å². The van der Waals surface area contributed by atoms with Gasteiger partial charge in [-0.15, -0.1) is 0 Å². The molecule has 0 radical (unpaired) electrons. The molecular weight excluding hydrogens is 436 g/mol. The second-order valence-electron chi connectivity index (χ2n) is 7.53. The van der Waals surface area contributed by atoms with Crippen LogP contribution in [-0.4, -0.2) is 46.4 Å². The first-order valence-electron chi connectivity index (χ1n) is 9.96. The molecule has 1 fully saturated rings. The lowest BCUT2D eigenvalue weighted by Gasteiger charge is -2.29. The second kappa shape index (κ2) is 9.76. The van der Waals surface area contributed by atoms with Gasteiger partial charge in [0.1, 0.15) is 0 Å². The summed E-state index contributed by atoms with van der Waals surface area (Å²) >= 11 is 0. The predicted molar refractivity (Wildman–Crippen MR) is 120 cm³/mol. The summed E-state index contributed by atoms with van der Waals surface area (Å²) in [6.07, 6.45) is 3.53. The first kappa shape index (κ1) is 23.2. The highest BCUT2D eigenvalue weighted by atomic mass is 32.2. The van der Waals surface area contributed by atoms with E-state index in [1.165, 1.54) is 15.8 Å². The summed E-state index contributed by atoms with van der Waals surface area (Å²) in [4.78, 5) is 12.8. The van der Waals surface area contributed by atoms with Crippen LogP contribution < -0.4 is 5.32 Å². The number of nitrogens with zero attached hydrogens (tertiary/aromatic N) is 1. The summed E-state index contributed by atoms with van der Waals surface area (Å²) in [6.45, 7) is 0.638. The van der Waals surface area contributed by atoms with Crippen LogP contribution in [0.4, 0.5) is 0 Å². The zero-order valence-corrected chi connectivity index (χ0v) is 18.9. The second-order valence-corrected chi connectivity index (χ2v) is 11.3. The van der Waals surface area contributed by atoms with Gasteiger partial charge in [0.05, 0.1) is 4.90 Å². The van der Waals surface area contributed by atoms with Gasteiger partial charge in [-0.05, 0) is 36.1 Å². The van der Waals surface area contributed by atoms with E-state index in [0.29, 0.717) is 18.4 Å². The smallest absolute Gasteiger partial charge is 0.236 e. The standard InChI is InChI=1S/C22H26N2O5S2/c1-30(26,27)21-10-6-5-9-20(21)17-23-22(25)19-11-14-24(15-12-19)31(28,29)16-13-18-7-3-2-4-8-18/h2-10,13,16,19H,11-12,14-15,17H2,1H3,(H,23,25)/b16-13+. The Hall–Kier alpha value is -2.49. The normalized spacial score (nSPS) is 16.4. The third kappa shape index (κ3) is 6.25. The van der Waals surface area contributed by atoms with Crippen LogP contribution in [0, 0.1) is 5.92 Å². The Morgan fingerprint density at radius 3 is 2.26 bits per heavy atom. The van der Waals surface area contributed by atoms with Gasteiger partial charge in [-0.25, -0.2) is 16.8 Å². The number of sulfone groups is 1. The Morgan fingerprint density at radius 1 is 1.00 bits per heavy atom. The molecule has 0 aliphatic carbocycles. The zero-order chi connectivity index (χ0) is 22.5. The van der Waals surface area contributed by atoms with Crippen LogP contribution in [0.5, 0.6) is 0 Å². The summed E-state index contributed by atoms with van der Waals surface area (Å²) in [5, 5.41) is 4.00. The fraction of sp³-hybridized carbons (Fsp3) is 0.318. The van der Waals surface area contributed by atoms with E-state index in [0.717, 1.165) is 11.8 Å². The van der Waals surface area contributed by atoms with Crippen molar-refractivity contribution in [2.45, 2.75) is 24.3 Å². The largest absolute Gasteiger partial charge is 0.352 e. The average Bonchev–Trinajstić information content (AvgIpc) is 2.76. The molecule has 2 aromatic carbocycles. The van der Waals surface area contributed by atoms with E-state index in [1.807, 2.05) is 30.3 Å². The molecule has 0 unspecified atom stereocenters. The number of benzene rings is 2. The topological polar surface area (TPSA) is 101 Å². The summed E-state index contributed by atoms with van der Waals surface area (Å²) in [6, 6.07) is 15.7. The molecule has 0 atom stereocenters. The van der Waals surface area contributed by atoms with E-state index in [-0.39, 0.29) is 36.4 Å². The molecule has 166 valence electrons. The third-order valence-corrected chi connectivity index (χ3v) is 8.00. The van der Waals surface area contributed by atoms with Crippen molar-refractivity contribution in [2.24, 2.45) is 5.92 Å². The molecule has 1 heterocycles. The molecule has 1 N–H and O–H groups in total. The number of hydrogen-bond donors (Lipinski definition) is 1. The molecule has 0 aromatic heterocycles. The van der Waals surface area contributed by atoms with E-state index in [2.05, 4.69) is 5.32 Å². The fourth-order valence-electron chi connectivity index (χ4n) is 3.53. The number of hydrogen-bond acceptors (Lipinski definition) is 5. The predicted octanol–water partition coefficient (Wildman–Crippen LogP) is 2.42. The van der Waals surface area contributed by atoms with Crippen LogP contribution in [0.3, 0.4) is 0 Å². The highest BCUT2D eigenvalue weighted by Crippen LogP contribution is 2.22. The molecular formula is C22H26N2O5S2. The SMILES string of the molecule is CS(=O)(=O)c1ccccc1CNC(=O)C1CCN(S(=O)(=O)/C=C/c2ccccc2)CC1. The lowest BCUT2D eigenvalue weighted by Crippen LogP contribution is -2.42. The van der Waals surface area contributed by atoms with Gasteiger partial charge < -0.3 is 5.32 Å². The summed E-state index contributed by atoms with van der Waals surface area (Å²) in [5.41, 5.74) is 1.33. The van der Waals surface area contributed by atoms with Crippen molar-refractivity contribution in [3.63, 3.8) is 0 Å². The van der Waals surface area contributed by atoms with E-state index in [1.54, 1.807) is 24.3 Å². The van der Waals surface area contributed by atoms with Gasteiger partial charge in [0.25, 0.3) is 0 Å². The monoisotopic (exact) mass is 462 g/mol. The maximum atomic E-state index is 12.6. The molecule has 31 heavy (non-hydrogen) atoms. The van der Waals surface area contributed by atoms with Crippen LogP contribution in [0.1, 0.15) is 24.0 Å². The molecule has 0 spiro atoms. The Balaban J connectivity index is 1.55. The fourth-order valence-corrected chi connectivity index (χ4v) is 5.69. The van der Waals surface area contributed by atoms with Crippen molar-refractivity contribution in [3.8, 4) is 0 Å². The van der Waals surface area contributed by atoms with Gasteiger partial charge in [-0.2, -0.15) is 4.31 Å². The van der Waals surface area contributed by atoms with Gasteiger partial charge in [0.15, 0.2) is 9.84 Å². The molecule has 1 aliphatic heterocycles. The van der Waals surface area contributed by atoms with E-state index >= 15 is 0 Å². The summed E-state index contributed by atoms with van der Waals surface area (Å²) < 4.78 is 50.3. The van der Waals surface area contributed by atoms with Crippen LogP contribution in [0.25, 0.3) is 6.08 Å².